The Bertz CT molecular complexity index is 1370. The Morgan fingerprint density at radius 3 is 1.22 bits per heavy atom. The van der Waals surface area contributed by atoms with Gasteiger partial charge in [-0.1, -0.05) is 60.7 Å². The van der Waals surface area contributed by atoms with Crippen LogP contribution in [0.1, 0.15) is 41.4 Å². The SMILES string of the molecule is NC(=O)c1c(C(=O)O)c(C(=O)O)c2ccccc2c1C(N)=O.c1ccc(N=Nc2ccccc2)cc1. The molecule has 4 aromatic carbocycles. The number of carbonyl (C=O) groups excluding carboxylic acids is 2. The Hall–Kier alpha value is -5.38. The number of nitrogens with two attached hydrogens (primary N) is 2. The topological polar surface area (TPSA) is 186 Å². The van der Waals surface area contributed by atoms with Crippen LogP contribution < -0.4 is 11.5 Å². The van der Waals surface area contributed by atoms with Gasteiger partial charge in [0.05, 0.1) is 33.6 Å². The van der Waals surface area contributed by atoms with Gasteiger partial charge < -0.3 is 21.7 Å². The molecule has 0 bridgehead atoms. The molecule has 10 nitrogen and oxygen atoms in total. The van der Waals surface area contributed by atoms with Crippen molar-refractivity contribution in [3.63, 3.8) is 0 Å². The number of carboxylic acids is 2. The minimum absolute atomic E-state index is 0.0220. The molecule has 4 aromatic rings. The normalized spacial score (nSPS) is 10.4. The Kier molecular flexibility index (Phi) is 7.83. The number of benzene rings is 4. The standard InChI is InChI=1S/C14H10N2O6.C12H10N2/c15-11(17)7-5-3-1-2-4-6(5)8(13(19)20)10(14(21)22)9(7)12(16)18;1-3-7-11(8-4-1)13-14-12-9-5-2-6-10-12/h1-4H,(H2,15,17)(H2,16,18)(H,19,20)(H,21,22);1-10H. The summed E-state index contributed by atoms with van der Waals surface area (Å²) in [6, 6.07) is 25.0. The lowest BCUT2D eigenvalue weighted by molar-refractivity contribution is 0.0651. The molecule has 0 aliphatic carbocycles. The number of fused-ring (bicyclic) bond motifs is 1. The van der Waals surface area contributed by atoms with Crippen molar-refractivity contribution in [2.24, 2.45) is 21.7 Å². The monoisotopic (exact) mass is 484 g/mol. The summed E-state index contributed by atoms with van der Waals surface area (Å²) in [5.74, 6) is -5.59. The number of hydrogen-bond acceptors (Lipinski definition) is 6. The number of primary amides is 2. The van der Waals surface area contributed by atoms with Gasteiger partial charge in [-0.25, -0.2) is 9.59 Å². The molecule has 0 saturated carbocycles. The smallest absolute Gasteiger partial charge is 0.337 e. The van der Waals surface area contributed by atoms with E-state index in [0.29, 0.717) is 0 Å². The van der Waals surface area contributed by atoms with Crippen LogP contribution in [0.5, 0.6) is 0 Å². The minimum Gasteiger partial charge on any atom is -0.478 e. The maximum Gasteiger partial charge on any atom is 0.337 e. The molecule has 0 unspecified atom stereocenters. The third-order valence-electron chi connectivity index (χ3n) is 4.93. The second-order valence-corrected chi connectivity index (χ2v) is 7.26. The second kappa shape index (κ2) is 11.2. The number of carboxylic acid groups (broad SMARTS) is 2. The highest BCUT2D eigenvalue weighted by atomic mass is 16.4. The van der Waals surface area contributed by atoms with Crippen molar-refractivity contribution >= 4 is 45.9 Å². The predicted molar refractivity (Wildman–Crippen MR) is 132 cm³/mol. The summed E-state index contributed by atoms with van der Waals surface area (Å²) in [7, 11) is 0. The highest BCUT2D eigenvalue weighted by Gasteiger charge is 2.31. The Morgan fingerprint density at radius 2 is 0.861 bits per heavy atom. The first kappa shape index (κ1) is 25.2. The number of aromatic carboxylic acids is 2. The maximum absolute atomic E-state index is 11.7. The molecule has 0 aliphatic rings. The molecular weight excluding hydrogens is 464 g/mol. The van der Waals surface area contributed by atoms with Crippen LogP contribution in [0, 0.1) is 0 Å². The van der Waals surface area contributed by atoms with Gasteiger partial charge in [0.1, 0.15) is 0 Å². The molecule has 6 N–H and O–H groups in total. The molecule has 36 heavy (non-hydrogen) atoms. The fourth-order valence-electron chi connectivity index (χ4n) is 3.48. The van der Waals surface area contributed by atoms with Crippen LogP contribution in [0.2, 0.25) is 0 Å². The zero-order valence-electron chi connectivity index (χ0n) is 18.7. The highest BCUT2D eigenvalue weighted by Crippen LogP contribution is 2.31. The zero-order valence-corrected chi connectivity index (χ0v) is 18.7. The average molecular weight is 484 g/mol. The van der Waals surface area contributed by atoms with Crippen molar-refractivity contribution in [2.75, 3.05) is 0 Å². The van der Waals surface area contributed by atoms with Gasteiger partial charge in [-0.05, 0) is 35.0 Å². The molecule has 10 heteroatoms. The lowest BCUT2D eigenvalue weighted by Gasteiger charge is -2.15. The van der Waals surface area contributed by atoms with Crippen molar-refractivity contribution in [3.05, 3.63) is 107 Å². The summed E-state index contributed by atoms with van der Waals surface area (Å²) in [4.78, 5) is 46.2. The zero-order chi connectivity index (χ0) is 26.2. The summed E-state index contributed by atoms with van der Waals surface area (Å²) >= 11 is 0. The van der Waals surface area contributed by atoms with Crippen molar-refractivity contribution in [2.45, 2.75) is 0 Å². The Balaban J connectivity index is 0.000000221. The fourth-order valence-corrected chi connectivity index (χ4v) is 3.48. The van der Waals surface area contributed by atoms with Gasteiger partial charge in [-0.2, -0.15) is 10.2 Å². The van der Waals surface area contributed by atoms with Crippen molar-refractivity contribution in [3.8, 4) is 0 Å². The van der Waals surface area contributed by atoms with Crippen molar-refractivity contribution in [1.29, 1.82) is 0 Å². The van der Waals surface area contributed by atoms with Crippen LogP contribution in [0.15, 0.2) is 95.2 Å². The van der Waals surface area contributed by atoms with E-state index in [0.717, 1.165) is 11.4 Å². The van der Waals surface area contributed by atoms with E-state index in [4.69, 9.17) is 11.5 Å². The number of amides is 2. The first-order valence-electron chi connectivity index (χ1n) is 10.4. The number of azo groups is 1. The van der Waals surface area contributed by atoms with Crippen LogP contribution in [0.3, 0.4) is 0 Å². The van der Waals surface area contributed by atoms with E-state index >= 15 is 0 Å². The molecule has 0 heterocycles. The quantitative estimate of drug-likeness (QED) is 0.291. The molecule has 0 fully saturated rings. The Labute approximate surface area is 204 Å². The molecule has 0 atom stereocenters. The van der Waals surface area contributed by atoms with Gasteiger partial charge in [-0.3, -0.25) is 9.59 Å². The first-order valence-corrected chi connectivity index (χ1v) is 10.4. The fraction of sp³-hybridized carbons (Fsp3) is 0. The summed E-state index contributed by atoms with van der Waals surface area (Å²) < 4.78 is 0. The van der Waals surface area contributed by atoms with Crippen LogP contribution in [0.25, 0.3) is 10.8 Å². The molecule has 2 amide bonds. The molecule has 4 rings (SSSR count). The van der Waals surface area contributed by atoms with Crippen LogP contribution in [-0.2, 0) is 0 Å². The summed E-state index contributed by atoms with van der Waals surface area (Å²) in [5, 5.41) is 26.8. The van der Waals surface area contributed by atoms with E-state index in [-0.39, 0.29) is 10.8 Å². The molecule has 0 saturated heterocycles. The molecule has 0 aliphatic heterocycles. The highest BCUT2D eigenvalue weighted by molar-refractivity contribution is 6.24. The van der Waals surface area contributed by atoms with Crippen LogP contribution in [0.4, 0.5) is 11.4 Å². The molecule has 0 spiro atoms. The third-order valence-corrected chi connectivity index (χ3v) is 4.93. The van der Waals surface area contributed by atoms with Gasteiger partial charge in [0.2, 0.25) is 11.8 Å². The van der Waals surface area contributed by atoms with Crippen LogP contribution >= 0.6 is 0 Å². The number of carbonyl (C=O) groups is 4. The van der Waals surface area contributed by atoms with E-state index in [1.165, 1.54) is 24.3 Å². The van der Waals surface area contributed by atoms with Crippen LogP contribution in [-0.4, -0.2) is 34.0 Å². The van der Waals surface area contributed by atoms with E-state index in [1.54, 1.807) is 0 Å². The maximum atomic E-state index is 11.7. The largest absolute Gasteiger partial charge is 0.478 e. The number of rotatable bonds is 6. The van der Waals surface area contributed by atoms with Crippen molar-refractivity contribution in [1.82, 2.24) is 0 Å². The summed E-state index contributed by atoms with van der Waals surface area (Å²) in [6.07, 6.45) is 0. The number of nitrogens with zero attached hydrogens (tertiary/aromatic N) is 2. The molecule has 0 aromatic heterocycles. The molecule has 0 radical (unpaired) electrons. The molecule has 180 valence electrons. The lowest BCUT2D eigenvalue weighted by atomic mass is 9.88. The van der Waals surface area contributed by atoms with Gasteiger partial charge in [0.25, 0.3) is 0 Å². The predicted octanol–water partition coefficient (Wildman–Crippen LogP) is 4.54. The van der Waals surface area contributed by atoms with Gasteiger partial charge in [0, 0.05) is 0 Å². The van der Waals surface area contributed by atoms with Gasteiger partial charge in [-0.15, -0.1) is 0 Å². The Morgan fingerprint density at radius 1 is 0.500 bits per heavy atom. The average Bonchev–Trinajstić information content (AvgIpc) is 2.87. The second-order valence-electron chi connectivity index (χ2n) is 7.26. The first-order chi connectivity index (χ1) is 17.2. The van der Waals surface area contributed by atoms with E-state index < -0.39 is 46.0 Å². The van der Waals surface area contributed by atoms with E-state index in [9.17, 15) is 29.4 Å². The number of hydrogen-bond donors (Lipinski definition) is 4. The van der Waals surface area contributed by atoms with Crippen molar-refractivity contribution < 1.29 is 29.4 Å². The summed E-state index contributed by atoms with van der Waals surface area (Å²) in [6.45, 7) is 0. The van der Waals surface area contributed by atoms with E-state index in [2.05, 4.69) is 10.2 Å². The minimum atomic E-state index is -1.69. The third kappa shape index (κ3) is 5.57. The lowest BCUT2D eigenvalue weighted by Crippen LogP contribution is -2.26. The van der Waals surface area contributed by atoms with Gasteiger partial charge >= 0.3 is 11.9 Å². The summed E-state index contributed by atoms with van der Waals surface area (Å²) in [5.41, 5.74) is 9.52. The molecular formula is C26H20N4O6. The van der Waals surface area contributed by atoms with Gasteiger partial charge in [0.15, 0.2) is 0 Å². The van der Waals surface area contributed by atoms with E-state index in [1.807, 2.05) is 60.7 Å².